The molecule has 1 heterocycles. The number of hydrogen-bond donors (Lipinski definition) is 0. The maximum atomic E-state index is 13.3. The summed E-state index contributed by atoms with van der Waals surface area (Å²) in [5.74, 6) is -0.584. The standard InChI is InChI=1S/C19H19N5O5S/c1-12-4-5-16-17(8-12)30-19(20-16)22(7-6-21(2)3)18(25)13-9-14(23(26)27)11-15(10-13)24(28)29/h4-5,8-11H,6-7H2,1-3H3. The number of non-ortho nitro benzene ring substituents is 2. The van der Waals surface area contributed by atoms with Gasteiger partial charge in [0.05, 0.1) is 31.7 Å². The molecular weight excluding hydrogens is 410 g/mol. The number of carbonyl (C=O) groups is 1. The van der Waals surface area contributed by atoms with Gasteiger partial charge in [-0.2, -0.15) is 0 Å². The van der Waals surface area contributed by atoms with Crippen molar-refractivity contribution in [3.63, 3.8) is 0 Å². The van der Waals surface area contributed by atoms with Crippen molar-refractivity contribution in [3.05, 3.63) is 67.8 Å². The molecule has 1 aromatic heterocycles. The molecule has 0 radical (unpaired) electrons. The highest BCUT2D eigenvalue weighted by atomic mass is 32.1. The van der Waals surface area contributed by atoms with E-state index < -0.39 is 27.1 Å². The molecule has 3 aromatic rings. The highest BCUT2D eigenvalue weighted by Gasteiger charge is 2.26. The second-order valence-electron chi connectivity index (χ2n) is 6.98. The zero-order chi connectivity index (χ0) is 22.0. The Kier molecular flexibility index (Phi) is 6.04. The second-order valence-corrected chi connectivity index (χ2v) is 7.99. The van der Waals surface area contributed by atoms with Gasteiger partial charge in [-0.25, -0.2) is 4.98 Å². The first-order valence-corrected chi connectivity index (χ1v) is 9.75. The van der Waals surface area contributed by atoms with E-state index in [1.807, 2.05) is 44.1 Å². The molecule has 0 fully saturated rings. The maximum Gasteiger partial charge on any atom is 0.277 e. The van der Waals surface area contributed by atoms with E-state index in [0.29, 0.717) is 11.7 Å². The molecule has 10 nitrogen and oxygen atoms in total. The lowest BCUT2D eigenvalue weighted by Gasteiger charge is -2.22. The summed E-state index contributed by atoms with van der Waals surface area (Å²) in [6.07, 6.45) is 0. The molecule has 0 spiro atoms. The Morgan fingerprint density at radius 2 is 1.67 bits per heavy atom. The quantitative estimate of drug-likeness (QED) is 0.415. The molecule has 0 saturated carbocycles. The van der Waals surface area contributed by atoms with Gasteiger partial charge in [0.1, 0.15) is 0 Å². The molecule has 3 rings (SSSR count). The summed E-state index contributed by atoms with van der Waals surface area (Å²) < 4.78 is 0.901. The molecule has 30 heavy (non-hydrogen) atoms. The zero-order valence-corrected chi connectivity index (χ0v) is 17.4. The van der Waals surface area contributed by atoms with E-state index in [1.165, 1.54) is 16.2 Å². The number of benzene rings is 2. The summed E-state index contributed by atoms with van der Waals surface area (Å²) >= 11 is 1.32. The predicted molar refractivity (Wildman–Crippen MR) is 114 cm³/mol. The molecule has 2 aromatic carbocycles. The van der Waals surface area contributed by atoms with Crippen LogP contribution in [-0.2, 0) is 0 Å². The topological polar surface area (TPSA) is 123 Å². The number of nitro groups is 2. The number of aryl methyl sites for hydroxylation is 1. The minimum absolute atomic E-state index is 0.134. The van der Waals surface area contributed by atoms with E-state index in [-0.39, 0.29) is 12.1 Å². The van der Waals surface area contributed by atoms with Crippen LogP contribution in [0.5, 0.6) is 0 Å². The van der Waals surface area contributed by atoms with E-state index in [1.54, 1.807) is 0 Å². The number of carbonyl (C=O) groups excluding carboxylic acids is 1. The molecule has 0 saturated heterocycles. The SMILES string of the molecule is Cc1ccc2nc(N(CCN(C)C)C(=O)c3cc([N+](=O)[O-])cc([N+](=O)[O-])c3)sc2c1. The van der Waals surface area contributed by atoms with Gasteiger partial charge in [0.2, 0.25) is 0 Å². The fourth-order valence-electron chi connectivity index (χ4n) is 2.80. The average Bonchev–Trinajstić information content (AvgIpc) is 3.09. The first kappa shape index (κ1) is 21.3. The molecule has 0 aliphatic carbocycles. The Morgan fingerprint density at radius 3 is 2.23 bits per heavy atom. The normalized spacial score (nSPS) is 11.1. The third kappa shape index (κ3) is 4.58. The number of likely N-dealkylation sites (N-methyl/N-ethyl adjacent to an activating group) is 1. The van der Waals surface area contributed by atoms with Gasteiger partial charge < -0.3 is 4.90 Å². The van der Waals surface area contributed by atoms with Crippen LogP contribution in [0.25, 0.3) is 10.2 Å². The van der Waals surface area contributed by atoms with Gasteiger partial charge in [-0.15, -0.1) is 0 Å². The van der Waals surface area contributed by atoms with Crippen LogP contribution in [0.4, 0.5) is 16.5 Å². The van der Waals surface area contributed by atoms with Crippen LogP contribution in [0.3, 0.4) is 0 Å². The molecule has 0 aliphatic rings. The molecule has 0 atom stereocenters. The van der Waals surface area contributed by atoms with Crippen molar-refractivity contribution in [2.45, 2.75) is 6.92 Å². The fourth-order valence-corrected chi connectivity index (χ4v) is 3.89. The molecule has 0 bridgehead atoms. The minimum Gasteiger partial charge on any atom is -0.308 e. The lowest BCUT2D eigenvalue weighted by molar-refractivity contribution is -0.394. The number of fused-ring (bicyclic) bond motifs is 1. The second kappa shape index (κ2) is 8.51. The van der Waals surface area contributed by atoms with Crippen LogP contribution >= 0.6 is 11.3 Å². The van der Waals surface area contributed by atoms with Crippen LogP contribution in [-0.4, -0.2) is 52.8 Å². The van der Waals surface area contributed by atoms with Crippen molar-refractivity contribution < 1.29 is 14.6 Å². The smallest absolute Gasteiger partial charge is 0.277 e. The Labute approximate surface area is 175 Å². The van der Waals surface area contributed by atoms with Crippen LogP contribution in [0.1, 0.15) is 15.9 Å². The van der Waals surface area contributed by atoms with Crippen LogP contribution in [0, 0.1) is 27.2 Å². The van der Waals surface area contributed by atoms with E-state index in [0.717, 1.165) is 34.0 Å². The van der Waals surface area contributed by atoms with Crippen LogP contribution in [0.15, 0.2) is 36.4 Å². The highest BCUT2D eigenvalue weighted by Crippen LogP contribution is 2.31. The van der Waals surface area contributed by atoms with Crippen molar-refractivity contribution in [1.29, 1.82) is 0 Å². The number of hydrogen-bond acceptors (Lipinski definition) is 8. The van der Waals surface area contributed by atoms with Crippen molar-refractivity contribution in [1.82, 2.24) is 9.88 Å². The van der Waals surface area contributed by atoms with Gasteiger partial charge in [0, 0.05) is 25.2 Å². The van der Waals surface area contributed by atoms with Gasteiger partial charge in [-0.1, -0.05) is 17.4 Å². The third-order valence-electron chi connectivity index (χ3n) is 4.35. The first-order chi connectivity index (χ1) is 14.2. The van der Waals surface area contributed by atoms with E-state index >= 15 is 0 Å². The summed E-state index contributed by atoms with van der Waals surface area (Å²) in [6.45, 7) is 2.73. The number of aromatic nitrogens is 1. The number of anilines is 1. The molecule has 0 aliphatic heterocycles. The molecule has 0 N–H and O–H groups in total. The first-order valence-electron chi connectivity index (χ1n) is 8.93. The van der Waals surface area contributed by atoms with Crippen molar-refractivity contribution in [2.24, 2.45) is 0 Å². The van der Waals surface area contributed by atoms with E-state index in [2.05, 4.69) is 4.98 Å². The molecule has 1 amide bonds. The third-order valence-corrected chi connectivity index (χ3v) is 5.39. The minimum atomic E-state index is -0.756. The average molecular weight is 429 g/mol. The number of thiazole rings is 1. The molecule has 0 unspecified atom stereocenters. The summed E-state index contributed by atoms with van der Waals surface area (Å²) in [5.41, 5.74) is 0.622. The summed E-state index contributed by atoms with van der Waals surface area (Å²) in [6, 6.07) is 8.68. The highest BCUT2D eigenvalue weighted by molar-refractivity contribution is 7.22. The van der Waals surface area contributed by atoms with E-state index in [9.17, 15) is 25.0 Å². The van der Waals surface area contributed by atoms with E-state index in [4.69, 9.17) is 0 Å². The van der Waals surface area contributed by atoms with Crippen molar-refractivity contribution in [2.75, 3.05) is 32.1 Å². The number of amides is 1. The monoisotopic (exact) mass is 429 g/mol. The largest absolute Gasteiger partial charge is 0.308 e. The maximum absolute atomic E-state index is 13.3. The number of nitro benzene ring substituents is 2. The van der Waals surface area contributed by atoms with Gasteiger partial charge in [0.15, 0.2) is 5.13 Å². The van der Waals surface area contributed by atoms with Crippen LogP contribution < -0.4 is 4.90 Å². The molecule has 156 valence electrons. The summed E-state index contributed by atoms with van der Waals surface area (Å²) in [4.78, 5) is 42.0. The zero-order valence-electron chi connectivity index (χ0n) is 16.6. The number of rotatable bonds is 7. The van der Waals surface area contributed by atoms with Gasteiger partial charge in [-0.3, -0.25) is 29.9 Å². The Morgan fingerprint density at radius 1 is 1.03 bits per heavy atom. The fraction of sp³-hybridized carbons (Fsp3) is 0.263. The Hall–Kier alpha value is -3.44. The molecule has 11 heteroatoms. The summed E-state index contributed by atoms with van der Waals surface area (Å²) in [7, 11) is 3.70. The van der Waals surface area contributed by atoms with Crippen molar-refractivity contribution in [3.8, 4) is 0 Å². The van der Waals surface area contributed by atoms with Crippen LogP contribution in [0.2, 0.25) is 0 Å². The molecular formula is C19H19N5O5S. The van der Waals surface area contributed by atoms with Crippen molar-refractivity contribution >= 4 is 44.0 Å². The Balaban J connectivity index is 2.08. The van der Waals surface area contributed by atoms with Gasteiger partial charge >= 0.3 is 0 Å². The lowest BCUT2D eigenvalue weighted by Crippen LogP contribution is -2.36. The lowest BCUT2D eigenvalue weighted by atomic mass is 10.1. The van der Waals surface area contributed by atoms with Gasteiger partial charge in [0.25, 0.3) is 17.3 Å². The number of nitrogens with zero attached hydrogens (tertiary/aromatic N) is 5. The van der Waals surface area contributed by atoms with Gasteiger partial charge in [-0.05, 0) is 38.7 Å². The predicted octanol–water partition coefficient (Wildman–Crippen LogP) is 3.63. The Bertz CT molecular complexity index is 1110. The summed E-state index contributed by atoms with van der Waals surface area (Å²) in [5, 5.41) is 22.8.